The first-order valence-electron chi connectivity index (χ1n) is 5.30. The number of hydrogen-bond donors (Lipinski definition) is 0. The van der Waals surface area contributed by atoms with Crippen molar-refractivity contribution in [1.29, 1.82) is 0 Å². The first kappa shape index (κ1) is 10.6. The van der Waals surface area contributed by atoms with E-state index in [9.17, 15) is 0 Å². The highest BCUT2D eigenvalue weighted by Gasteiger charge is 2.13. The van der Waals surface area contributed by atoms with E-state index in [4.69, 9.17) is 14.2 Å². The summed E-state index contributed by atoms with van der Waals surface area (Å²) < 4.78 is 16.2. The van der Waals surface area contributed by atoms with Crippen LogP contribution < -0.4 is 0 Å². The molecule has 2 rings (SSSR count). The quantitative estimate of drug-likeness (QED) is 0.757. The molecule has 0 unspecified atom stereocenters. The van der Waals surface area contributed by atoms with Crippen LogP contribution in [0.15, 0.2) is 30.3 Å². The summed E-state index contributed by atoms with van der Waals surface area (Å²) in [4.78, 5) is 0. The molecule has 1 saturated heterocycles. The third-order valence-corrected chi connectivity index (χ3v) is 2.26. The van der Waals surface area contributed by atoms with Crippen LogP contribution in [0.25, 0.3) is 0 Å². The fraction of sp³-hybridized carbons (Fsp3) is 0.500. The van der Waals surface area contributed by atoms with Crippen molar-refractivity contribution in [3.05, 3.63) is 35.9 Å². The van der Waals surface area contributed by atoms with Gasteiger partial charge in [0.25, 0.3) is 0 Å². The average Bonchev–Trinajstić information content (AvgIpc) is 2.32. The summed E-state index contributed by atoms with van der Waals surface area (Å²) in [5.41, 5.74) is 1.17. The van der Waals surface area contributed by atoms with Gasteiger partial charge in [0.05, 0.1) is 26.4 Å². The molecule has 1 aromatic rings. The molecule has 0 aliphatic carbocycles. The summed E-state index contributed by atoms with van der Waals surface area (Å²) >= 11 is 0. The van der Waals surface area contributed by atoms with Crippen molar-refractivity contribution in [1.82, 2.24) is 0 Å². The maximum Gasteiger partial charge on any atom is 0.180 e. The van der Waals surface area contributed by atoms with Crippen molar-refractivity contribution in [2.24, 2.45) is 0 Å². The van der Waals surface area contributed by atoms with Crippen LogP contribution in [0.4, 0.5) is 0 Å². The molecule has 0 spiro atoms. The van der Waals surface area contributed by atoms with E-state index in [1.165, 1.54) is 5.56 Å². The Hall–Kier alpha value is -0.900. The Morgan fingerprint density at radius 2 is 1.87 bits per heavy atom. The van der Waals surface area contributed by atoms with Gasteiger partial charge in [-0.2, -0.15) is 0 Å². The molecule has 82 valence electrons. The zero-order valence-corrected chi connectivity index (χ0v) is 8.72. The van der Waals surface area contributed by atoms with Gasteiger partial charge < -0.3 is 14.2 Å². The zero-order chi connectivity index (χ0) is 10.3. The molecule has 1 aliphatic rings. The van der Waals surface area contributed by atoms with Gasteiger partial charge in [-0.15, -0.1) is 0 Å². The van der Waals surface area contributed by atoms with Crippen LogP contribution in [0.2, 0.25) is 0 Å². The first-order chi connectivity index (χ1) is 7.45. The second kappa shape index (κ2) is 5.85. The molecule has 0 aromatic heterocycles. The van der Waals surface area contributed by atoms with Crippen LogP contribution >= 0.6 is 0 Å². The Kier molecular flexibility index (Phi) is 4.14. The Bertz CT molecular complexity index is 267. The van der Waals surface area contributed by atoms with Gasteiger partial charge in [0.1, 0.15) is 0 Å². The average molecular weight is 208 g/mol. The maximum atomic E-state index is 5.51. The van der Waals surface area contributed by atoms with Crippen molar-refractivity contribution >= 4 is 0 Å². The normalized spacial score (nSPS) is 17.9. The zero-order valence-electron chi connectivity index (χ0n) is 8.72. The van der Waals surface area contributed by atoms with E-state index in [-0.39, 0.29) is 6.29 Å². The fourth-order valence-electron chi connectivity index (χ4n) is 1.48. The van der Waals surface area contributed by atoms with Gasteiger partial charge in [0, 0.05) is 0 Å². The molecule has 0 radical (unpaired) electrons. The molecular formula is C12H16O3. The van der Waals surface area contributed by atoms with Gasteiger partial charge in [-0.05, 0) is 12.0 Å². The molecule has 15 heavy (non-hydrogen) atoms. The molecule has 3 heteroatoms. The molecule has 3 nitrogen and oxygen atoms in total. The van der Waals surface area contributed by atoms with Crippen molar-refractivity contribution in [3.63, 3.8) is 0 Å². The van der Waals surface area contributed by atoms with E-state index in [1.807, 2.05) is 30.3 Å². The Morgan fingerprint density at radius 1 is 1.13 bits per heavy atom. The first-order valence-corrected chi connectivity index (χ1v) is 5.30. The molecule has 1 aliphatic heterocycles. The summed E-state index contributed by atoms with van der Waals surface area (Å²) in [6.45, 7) is 2.68. The monoisotopic (exact) mass is 208 g/mol. The summed E-state index contributed by atoms with van der Waals surface area (Å²) in [5.74, 6) is 0. The summed E-state index contributed by atoms with van der Waals surface area (Å²) in [6.07, 6.45) is 0.803. The molecule has 1 fully saturated rings. The second-order valence-electron chi connectivity index (χ2n) is 3.53. The third kappa shape index (κ3) is 3.63. The predicted octanol–water partition coefficient (Wildman–Crippen LogP) is 1.97. The van der Waals surface area contributed by atoms with E-state index in [0.29, 0.717) is 13.2 Å². The van der Waals surface area contributed by atoms with Crippen molar-refractivity contribution in [2.75, 3.05) is 19.8 Å². The Balaban J connectivity index is 1.66. The fourth-order valence-corrected chi connectivity index (χ4v) is 1.48. The lowest BCUT2D eigenvalue weighted by Gasteiger charge is -2.22. The van der Waals surface area contributed by atoms with E-state index in [1.54, 1.807) is 0 Å². The number of ether oxygens (including phenoxy) is 3. The molecule has 0 saturated carbocycles. The predicted molar refractivity (Wildman–Crippen MR) is 56.4 cm³/mol. The number of rotatable bonds is 4. The van der Waals surface area contributed by atoms with E-state index in [2.05, 4.69) is 0 Å². The Labute approximate surface area is 90.0 Å². The van der Waals surface area contributed by atoms with Crippen LogP contribution in [0.1, 0.15) is 12.0 Å². The lowest BCUT2D eigenvalue weighted by Crippen LogP contribution is -2.29. The van der Waals surface area contributed by atoms with E-state index >= 15 is 0 Å². The molecule has 1 aromatic carbocycles. The van der Waals surface area contributed by atoms with E-state index < -0.39 is 0 Å². The molecule has 0 bridgehead atoms. The maximum absolute atomic E-state index is 5.51. The second-order valence-corrected chi connectivity index (χ2v) is 3.53. The van der Waals surface area contributed by atoms with Crippen LogP contribution in [-0.2, 0) is 20.8 Å². The van der Waals surface area contributed by atoms with Gasteiger partial charge in [-0.25, -0.2) is 0 Å². The molecule has 0 amide bonds. The van der Waals surface area contributed by atoms with Gasteiger partial charge in [0.2, 0.25) is 0 Å². The smallest absolute Gasteiger partial charge is 0.180 e. The number of benzene rings is 1. The van der Waals surface area contributed by atoms with E-state index in [0.717, 1.165) is 19.6 Å². The highest BCUT2D eigenvalue weighted by Crippen LogP contribution is 2.07. The standard InChI is InChI=1S/C12H16O3/c1-2-5-11(6-3-1)9-13-10-12-14-7-4-8-15-12/h1-3,5-6,12H,4,7-10H2. The minimum atomic E-state index is -0.178. The topological polar surface area (TPSA) is 27.7 Å². The summed E-state index contributed by atoms with van der Waals surface area (Å²) in [6, 6.07) is 10.1. The summed E-state index contributed by atoms with van der Waals surface area (Å²) in [5, 5.41) is 0. The highest BCUT2D eigenvalue weighted by molar-refractivity contribution is 5.13. The van der Waals surface area contributed by atoms with Crippen LogP contribution in [-0.4, -0.2) is 26.1 Å². The summed E-state index contributed by atoms with van der Waals surface area (Å²) in [7, 11) is 0. The highest BCUT2D eigenvalue weighted by atomic mass is 16.7. The van der Waals surface area contributed by atoms with Gasteiger partial charge in [0.15, 0.2) is 6.29 Å². The van der Waals surface area contributed by atoms with Crippen LogP contribution in [0.5, 0.6) is 0 Å². The van der Waals surface area contributed by atoms with Crippen molar-refractivity contribution in [3.8, 4) is 0 Å². The number of hydrogen-bond acceptors (Lipinski definition) is 3. The third-order valence-electron chi connectivity index (χ3n) is 2.26. The van der Waals surface area contributed by atoms with Crippen LogP contribution in [0, 0.1) is 0 Å². The lowest BCUT2D eigenvalue weighted by atomic mass is 10.2. The Morgan fingerprint density at radius 3 is 2.60 bits per heavy atom. The van der Waals surface area contributed by atoms with Crippen molar-refractivity contribution in [2.45, 2.75) is 19.3 Å². The SMILES string of the molecule is c1ccc(COCC2OCCCO2)cc1. The van der Waals surface area contributed by atoms with Crippen LogP contribution in [0.3, 0.4) is 0 Å². The molecule has 1 heterocycles. The molecule has 0 atom stereocenters. The van der Waals surface area contributed by atoms with Gasteiger partial charge in [-0.1, -0.05) is 30.3 Å². The lowest BCUT2D eigenvalue weighted by molar-refractivity contribution is -0.204. The largest absolute Gasteiger partial charge is 0.372 e. The van der Waals surface area contributed by atoms with Gasteiger partial charge >= 0.3 is 0 Å². The molecular weight excluding hydrogens is 192 g/mol. The van der Waals surface area contributed by atoms with Gasteiger partial charge in [-0.3, -0.25) is 0 Å². The van der Waals surface area contributed by atoms with Crippen molar-refractivity contribution < 1.29 is 14.2 Å². The minimum absolute atomic E-state index is 0.178. The minimum Gasteiger partial charge on any atom is -0.372 e. The molecule has 0 N–H and O–H groups in total.